The molecule has 0 spiro atoms. The van der Waals surface area contributed by atoms with Gasteiger partial charge in [0.05, 0.1) is 14.2 Å². The van der Waals surface area contributed by atoms with Crippen LogP contribution in [0.3, 0.4) is 0 Å². The minimum atomic E-state index is 0.146. The third-order valence-corrected chi connectivity index (χ3v) is 4.34. The molecule has 1 N–H and O–H groups in total. The third-order valence-electron chi connectivity index (χ3n) is 3.21. The van der Waals surface area contributed by atoms with Crippen LogP contribution in [0.5, 0.6) is 11.5 Å². The van der Waals surface area contributed by atoms with Crippen molar-refractivity contribution < 1.29 is 9.47 Å². The number of methoxy groups -OCH3 is 2. The van der Waals surface area contributed by atoms with Crippen LogP contribution < -0.4 is 14.8 Å². The Hall–Kier alpha value is -1.73. The number of rotatable bonds is 7. The molecule has 0 saturated carbocycles. The van der Waals surface area contributed by atoms with Crippen molar-refractivity contribution in [3.63, 3.8) is 0 Å². The maximum Gasteiger partial charge on any atom is 0.185 e. The molecule has 1 unspecified atom stereocenters. The molecule has 0 aliphatic rings. The van der Waals surface area contributed by atoms with Crippen LogP contribution in [0.1, 0.15) is 11.6 Å². The maximum absolute atomic E-state index is 5.47. The summed E-state index contributed by atoms with van der Waals surface area (Å²) in [5.74, 6) is 2.42. The highest BCUT2D eigenvalue weighted by molar-refractivity contribution is 7.99. The van der Waals surface area contributed by atoms with E-state index in [-0.39, 0.29) is 6.04 Å². The second kappa shape index (κ2) is 7.33. The lowest BCUT2D eigenvalue weighted by Gasteiger charge is -2.19. The van der Waals surface area contributed by atoms with Crippen LogP contribution in [0.15, 0.2) is 29.7 Å². The van der Waals surface area contributed by atoms with Gasteiger partial charge in [-0.05, 0) is 13.1 Å². The fourth-order valence-corrected chi connectivity index (χ4v) is 3.03. The first-order chi connectivity index (χ1) is 10.2. The van der Waals surface area contributed by atoms with Crippen molar-refractivity contribution in [3.8, 4) is 11.5 Å². The predicted molar refractivity (Wildman–Crippen MR) is 83.1 cm³/mol. The molecule has 0 fully saturated rings. The summed E-state index contributed by atoms with van der Waals surface area (Å²) in [5, 5.41) is 8.28. The van der Waals surface area contributed by atoms with E-state index < -0.39 is 0 Å². The van der Waals surface area contributed by atoms with Crippen molar-refractivity contribution >= 4 is 11.8 Å². The Balaban J connectivity index is 2.15. The number of benzene rings is 1. The van der Waals surface area contributed by atoms with Crippen molar-refractivity contribution in [2.75, 3.05) is 27.0 Å². The maximum atomic E-state index is 5.47. The van der Waals surface area contributed by atoms with E-state index in [4.69, 9.17) is 9.47 Å². The summed E-state index contributed by atoms with van der Waals surface area (Å²) >= 11 is 1.65. The molecule has 0 aliphatic heterocycles. The molecule has 0 bridgehead atoms. The Labute approximate surface area is 128 Å². The molecule has 0 saturated heterocycles. The van der Waals surface area contributed by atoms with E-state index in [1.165, 1.54) is 0 Å². The Morgan fingerprint density at radius 2 is 2.14 bits per heavy atom. The number of nitrogens with one attached hydrogen (secondary N) is 1. The molecule has 114 valence electrons. The molecule has 1 aromatic heterocycles. The molecule has 2 rings (SSSR count). The molecule has 1 aromatic carbocycles. The van der Waals surface area contributed by atoms with E-state index in [9.17, 15) is 0 Å². The summed E-state index contributed by atoms with van der Waals surface area (Å²) in [6.07, 6.45) is 1.56. The molecule has 0 amide bonds. The number of hydrogen-bond donors (Lipinski definition) is 1. The average molecular weight is 308 g/mol. The minimum absolute atomic E-state index is 0.146. The average Bonchev–Trinajstić information content (AvgIpc) is 2.93. The van der Waals surface area contributed by atoms with Gasteiger partial charge in [0, 0.05) is 30.5 Å². The van der Waals surface area contributed by atoms with Gasteiger partial charge in [-0.25, -0.2) is 9.67 Å². The van der Waals surface area contributed by atoms with Gasteiger partial charge in [-0.15, -0.1) is 0 Å². The molecule has 0 aliphatic carbocycles. The molecular formula is C14H20N4O2S. The van der Waals surface area contributed by atoms with Crippen LogP contribution >= 0.6 is 11.8 Å². The number of hydrogen-bond acceptors (Lipinski definition) is 6. The molecule has 1 heterocycles. The quantitative estimate of drug-likeness (QED) is 0.788. The standard InChI is InChI=1S/C14H20N4O2S/c1-15-12(8-21-14-16-9-17-18(14)2)11-6-5-10(19-3)7-13(11)20-4/h5-7,9,12,15H,8H2,1-4H3. The van der Waals surface area contributed by atoms with Gasteiger partial charge >= 0.3 is 0 Å². The van der Waals surface area contributed by atoms with Crippen LogP contribution in [0.2, 0.25) is 0 Å². The Kier molecular flexibility index (Phi) is 5.46. The highest BCUT2D eigenvalue weighted by Gasteiger charge is 2.16. The Bertz CT molecular complexity index is 588. The molecule has 6 nitrogen and oxygen atoms in total. The summed E-state index contributed by atoms with van der Waals surface area (Å²) in [5.41, 5.74) is 1.09. The monoisotopic (exact) mass is 308 g/mol. The lowest BCUT2D eigenvalue weighted by molar-refractivity contribution is 0.387. The van der Waals surface area contributed by atoms with E-state index in [0.717, 1.165) is 28.0 Å². The van der Waals surface area contributed by atoms with Crippen molar-refractivity contribution in [2.45, 2.75) is 11.2 Å². The summed E-state index contributed by atoms with van der Waals surface area (Å²) in [6.45, 7) is 0. The van der Waals surface area contributed by atoms with Gasteiger partial charge in [0.25, 0.3) is 0 Å². The number of thioether (sulfide) groups is 1. The lowest BCUT2D eigenvalue weighted by Crippen LogP contribution is -2.19. The summed E-state index contributed by atoms with van der Waals surface area (Å²) in [7, 11) is 7.14. The van der Waals surface area contributed by atoms with Crippen molar-refractivity contribution in [1.82, 2.24) is 20.1 Å². The van der Waals surface area contributed by atoms with E-state index in [2.05, 4.69) is 15.4 Å². The van der Waals surface area contributed by atoms with Gasteiger partial charge in [0.2, 0.25) is 0 Å². The first-order valence-electron chi connectivity index (χ1n) is 6.55. The Morgan fingerprint density at radius 3 is 2.71 bits per heavy atom. The summed E-state index contributed by atoms with van der Waals surface area (Å²) < 4.78 is 12.5. The van der Waals surface area contributed by atoms with E-state index in [1.807, 2.05) is 32.3 Å². The SMILES string of the molecule is CNC(CSc1ncnn1C)c1ccc(OC)cc1OC. The largest absolute Gasteiger partial charge is 0.497 e. The van der Waals surface area contributed by atoms with Gasteiger partial charge in [0.15, 0.2) is 5.16 Å². The van der Waals surface area contributed by atoms with Gasteiger partial charge in [0.1, 0.15) is 17.8 Å². The normalized spacial score (nSPS) is 12.2. The summed E-state index contributed by atoms with van der Waals surface area (Å²) in [6, 6.07) is 6.00. The highest BCUT2D eigenvalue weighted by Crippen LogP contribution is 2.32. The second-order valence-corrected chi connectivity index (χ2v) is 5.41. The van der Waals surface area contributed by atoms with Crippen LogP contribution in [0, 0.1) is 0 Å². The van der Waals surface area contributed by atoms with Crippen LogP contribution in [0.25, 0.3) is 0 Å². The van der Waals surface area contributed by atoms with Gasteiger partial charge in [-0.3, -0.25) is 0 Å². The zero-order valence-electron chi connectivity index (χ0n) is 12.7. The molecule has 2 aromatic rings. The van der Waals surface area contributed by atoms with Crippen molar-refractivity contribution in [1.29, 1.82) is 0 Å². The topological polar surface area (TPSA) is 61.2 Å². The smallest absolute Gasteiger partial charge is 0.185 e. The molecular weight excluding hydrogens is 288 g/mol. The predicted octanol–water partition coefficient (Wildman–Crippen LogP) is 1.89. The Morgan fingerprint density at radius 1 is 1.33 bits per heavy atom. The van der Waals surface area contributed by atoms with Crippen molar-refractivity contribution in [3.05, 3.63) is 30.1 Å². The van der Waals surface area contributed by atoms with Crippen LogP contribution in [-0.2, 0) is 7.05 Å². The number of ether oxygens (including phenoxy) is 2. The fraction of sp³-hybridized carbons (Fsp3) is 0.429. The molecule has 7 heteroatoms. The first kappa shape index (κ1) is 15.7. The molecule has 1 atom stereocenters. The first-order valence-corrected chi connectivity index (χ1v) is 7.54. The van der Waals surface area contributed by atoms with E-state index in [0.29, 0.717) is 0 Å². The van der Waals surface area contributed by atoms with Crippen LogP contribution in [-0.4, -0.2) is 41.8 Å². The van der Waals surface area contributed by atoms with Gasteiger partial charge in [-0.2, -0.15) is 5.10 Å². The van der Waals surface area contributed by atoms with Crippen molar-refractivity contribution in [2.24, 2.45) is 7.05 Å². The van der Waals surface area contributed by atoms with Gasteiger partial charge < -0.3 is 14.8 Å². The zero-order valence-corrected chi connectivity index (χ0v) is 13.5. The number of nitrogens with zero attached hydrogens (tertiary/aromatic N) is 3. The summed E-state index contributed by atoms with van der Waals surface area (Å²) in [4.78, 5) is 4.22. The van der Waals surface area contributed by atoms with Gasteiger partial charge in [-0.1, -0.05) is 17.8 Å². The number of aryl methyl sites for hydroxylation is 1. The fourth-order valence-electron chi connectivity index (χ4n) is 2.01. The van der Waals surface area contributed by atoms with E-state index in [1.54, 1.807) is 37.0 Å². The van der Waals surface area contributed by atoms with E-state index >= 15 is 0 Å². The minimum Gasteiger partial charge on any atom is -0.497 e. The number of aromatic nitrogens is 3. The molecule has 0 radical (unpaired) electrons. The molecule has 21 heavy (non-hydrogen) atoms. The second-order valence-electron chi connectivity index (χ2n) is 4.43. The highest BCUT2D eigenvalue weighted by atomic mass is 32.2. The zero-order chi connectivity index (χ0) is 15.2. The lowest BCUT2D eigenvalue weighted by atomic mass is 10.1. The third kappa shape index (κ3) is 3.68. The van der Waals surface area contributed by atoms with Crippen LogP contribution in [0.4, 0.5) is 0 Å².